The van der Waals surface area contributed by atoms with Crippen LogP contribution in [0.2, 0.25) is 0 Å². The van der Waals surface area contributed by atoms with Crippen LogP contribution in [0.5, 0.6) is 5.75 Å². The van der Waals surface area contributed by atoms with Gasteiger partial charge in [0, 0.05) is 41.0 Å². The van der Waals surface area contributed by atoms with Gasteiger partial charge < -0.3 is 14.0 Å². The van der Waals surface area contributed by atoms with Crippen LogP contribution in [0.1, 0.15) is 18.1 Å². The third kappa shape index (κ3) is 2.70. The van der Waals surface area contributed by atoms with E-state index in [-0.39, 0.29) is 5.97 Å². The smallest absolute Gasteiger partial charge is 0.302 e. The fraction of sp³-hybridized carbons (Fsp3) is 0.273. The molecule has 27 heavy (non-hydrogen) atoms. The van der Waals surface area contributed by atoms with Crippen molar-refractivity contribution >= 4 is 38.5 Å². The number of nitrogens with zero attached hydrogens (tertiary/aromatic N) is 2. The Kier molecular flexibility index (Phi) is 4.22. The number of pyridine rings is 1. The minimum atomic E-state index is -0.262. The average molecular weight is 362 g/mol. The second kappa shape index (κ2) is 6.58. The fourth-order valence-electron chi connectivity index (χ4n) is 4.03. The van der Waals surface area contributed by atoms with Crippen molar-refractivity contribution in [3.63, 3.8) is 0 Å². The first-order valence-corrected chi connectivity index (χ1v) is 8.99. The van der Waals surface area contributed by atoms with E-state index in [0.29, 0.717) is 13.2 Å². The van der Waals surface area contributed by atoms with Crippen molar-refractivity contribution in [2.24, 2.45) is 0 Å². The molecular weight excluding hydrogens is 340 g/mol. The van der Waals surface area contributed by atoms with Gasteiger partial charge in [0.1, 0.15) is 12.4 Å². The maximum absolute atomic E-state index is 11.2. The lowest BCUT2D eigenvalue weighted by Crippen LogP contribution is -2.09. The summed E-state index contributed by atoms with van der Waals surface area (Å²) in [5.41, 5.74) is 4.67. The zero-order valence-corrected chi connectivity index (χ0v) is 16.0. The molecule has 0 N–H and O–H groups in total. The second-order valence-corrected chi connectivity index (χ2v) is 6.77. The number of methoxy groups -OCH3 is 1. The summed E-state index contributed by atoms with van der Waals surface area (Å²) in [6, 6.07) is 8.18. The number of carbonyl (C=O) groups is 1. The molecular formula is C22H22N2O3. The third-order valence-electron chi connectivity index (χ3n) is 5.25. The molecule has 0 radical (unpaired) electrons. The van der Waals surface area contributed by atoms with E-state index in [9.17, 15) is 4.79 Å². The molecule has 0 fully saturated rings. The highest BCUT2D eigenvalue weighted by atomic mass is 16.5. The summed E-state index contributed by atoms with van der Waals surface area (Å²) in [4.78, 5) is 15.5. The number of ether oxygens (including phenoxy) is 2. The molecule has 0 spiro atoms. The molecule has 2 aromatic heterocycles. The molecule has 138 valence electrons. The summed E-state index contributed by atoms with van der Waals surface area (Å²) in [7, 11) is 1.68. The van der Waals surface area contributed by atoms with Crippen molar-refractivity contribution in [1.29, 1.82) is 0 Å². The van der Waals surface area contributed by atoms with Gasteiger partial charge in [0.25, 0.3) is 0 Å². The topological polar surface area (TPSA) is 53.4 Å². The molecule has 2 aromatic carbocycles. The molecule has 0 unspecified atom stereocenters. The van der Waals surface area contributed by atoms with Crippen LogP contribution in [-0.4, -0.2) is 29.2 Å². The van der Waals surface area contributed by atoms with Gasteiger partial charge in [-0.1, -0.05) is 0 Å². The zero-order chi connectivity index (χ0) is 19.1. The van der Waals surface area contributed by atoms with E-state index >= 15 is 0 Å². The summed E-state index contributed by atoms with van der Waals surface area (Å²) >= 11 is 0. The monoisotopic (exact) mass is 362 g/mol. The van der Waals surface area contributed by atoms with Crippen LogP contribution >= 0.6 is 0 Å². The van der Waals surface area contributed by atoms with Gasteiger partial charge in [0.15, 0.2) is 0 Å². The van der Waals surface area contributed by atoms with E-state index in [1.54, 1.807) is 7.11 Å². The maximum Gasteiger partial charge on any atom is 0.302 e. The number of fused-ring (bicyclic) bond motifs is 4. The van der Waals surface area contributed by atoms with Crippen molar-refractivity contribution in [2.45, 2.75) is 27.3 Å². The van der Waals surface area contributed by atoms with E-state index in [2.05, 4.69) is 41.6 Å². The van der Waals surface area contributed by atoms with E-state index in [1.807, 2.05) is 18.5 Å². The summed E-state index contributed by atoms with van der Waals surface area (Å²) in [6.45, 7) is 6.66. The van der Waals surface area contributed by atoms with Gasteiger partial charge in [0.2, 0.25) is 0 Å². The summed E-state index contributed by atoms with van der Waals surface area (Å²) < 4.78 is 12.9. The lowest BCUT2D eigenvalue weighted by molar-refractivity contribution is -0.141. The Bertz CT molecular complexity index is 1190. The van der Waals surface area contributed by atoms with Crippen LogP contribution in [0.15, 0.2) is 36.7 Å². The van der Waals surface area contributed by atoms with Crippen molar-refractivity contribution in [1.82, 2.24) is 9.55 Å². The molecule has 0 amide bonds. The van der Waals surface area contributed by atoms with E-state index in [4.69, 9.17) is 9.47 Å². The summed E-state index contributed by atoms with van der Waals surface area (Å²) in [5, 5.41) is 4.69. The molecule has 5 heteroatoms. The number of esters is 1. The normalized spacial score (nSPS) is 11.4. The Morgan fingerprint density at radius 1 is 1.11 bits per heavy atom. The van der Waals surface area contributed by atoms with Gasteiger partial charge in [0.05, 0.1) is 19.2 Å². The third-order valence-corrected chi connectivity index (χ3v) is 5.25. The first-order valence-electron chi connectivity index (χ1n) is 8.99. The highest BCUT2D eigenvalue weighted by Crippen LogP contribution is 2.39. The number of aryl methyl sites for hydroxylation is 2. The lowest BCUT2D eigenvalue weighted by Gasteiger charge is -2.13. The molecule has 0 saturated carbocycles. The van der Waals surface area contributed by atoms with Gasteiger partial charge in [-0.05, 0) is 54.6 Å². The molecule has 0 saturated heterocycles. The molecule has 0 aliphatic carbocycles. The molecule has 0 aliphatic heterocycles. The molecule has 4 aromatic rings. The number of carbonyl (C=O) groups excluding carboxylic acids is 1. The zero-order valence-electron chi connectivity index (χ0n) is 16.0. The van der Waals surface area contributed by atoms with E-state index in [0.717, 1.165) is 22.0 Å². The number of aromatic nitrogens is 2. The van der Waals surface area contributed by atoms with E-state index < -0.39 is 0 Å². The van der Waals surface area contributed by atoms with Gasteiger partial charge in [-0.2, -0.15) is 0 Å². The van der Waals surface area contributed by atoms with Gasteiger partial charge in [-0.3, -0.25) is 9.78 Å². The standard InChI is InChI=1S/C22H22N2O3/c1-13-19-12-23-8-7-17(19)14(2)22-21(13)18-11-16(26-4)5-6-20(18)24(22)9-10-27-15(3)25/h5-8,11-12H,9-10H2,1-4H3. The summed E-state index contributed by atoms with van der Waals surface area (Å²) in [5.74, 6) is 0.562. The quantitative estimate of drug-likeness (QED) is 0.501. The maximum atomic E-state index is 11.2. The Morgan fingerprint density at radius 2 is 1.93 bits per heavy atom. The molecule has 0 atom stereocenters. The van der Waals surface area contributed by atoms with Gasteiger partial charge in [-0.25, -0.2) is 0 Å². The SMILES string of the molecule is COc1ccc2c(c1)c1c(C)c3cnccc3c(C)c1n2CCOC(C)=O. The van der Waals surface area contributed by atoms with Crippen LogP contribution in [0.3, 0.4) is 0 Å². The number of benzene rings is 2. The Balaban J connectivity index is 2.10. The predicted molar refractivity (Wildman–Crippen MR) is 107 cm³/mol. The average Bonchev–Trinajstić information content (AvgIpc) is 3.00. The highest BCUT2D eigenvalue weighted by molar-refractivity contribution is 6.17. The van der Waals surface area contributed by atoms with Crippen molar-refractivity contribution < 1.29 is 14.3 Å². The van der Waals surface area contributed by atoms with Crippen molar-refractivity contribution in [2.75, 3.05) is 13.7 Å². The van der Waals surface area contributed by atoms with Crippen molar-refractivity contribution in [3.8, 4) is 5.75 Å². The number of hydrogen-bond donors (Lipinski definition) is 0. The van der Waals surface area contributed by atoms with Crippen LogP contribution in [0.4, 0.5) is 0 Å². The van der Waals surface area contributed by atoms with Crippen molar-refractivity contribution in [3.05, 3.63) is 47.8 Å². The molecule has 5 nitrogen and oxygen atoms in total. The molecule has 0 bridgehead atoms. The first kappa shape index (κ1) is 17.3. The van der Waals surface area contributed by atoms with Gasteiger partial charge in [-0.15, -0.1) is 0 Å². The molecule has 4 rings (SSSR count). The predicted octanol–water partition coefficient (Wildman–Crippen LogP) is 4.53. The van der Waals surface area contributed by atoms with Crippen LogP contribution in [-0.2, 0) is 16.1 Å². The van der Waals surface area contributed by atoms with E-state index in [1.165, 1.54) is 34.3 Å². The highest BCUT2D eigenvalue weighted by Gasteiger charge is 2.18. The minimum Gasteiger partial charge on any atom is -0.497 e. The Labute approximate surface area is 157 Å². The minimum absolute atomic E-state index is 0.262. The lowest BCUT2D eigenvalue weighted by atomic mass is 9.97. The molecule has 0 aliphatic rings. The van der Waals surface area contributed by atoms with Crippen LogP contribution < -0.4 is 4.74 Å². The second-order valence-electron chi connectivity index (χ2n) is 6.77. The Morgan fingerprint density at radius 3 is 2.67 bits per heavy atom. The van der Waals surface area contributed by atoms with Crippen LogP contribution in [0, 0.1) is 13.8 Å². The Hall–Kier alpha value is -3.08. The molecule has 2 heterocycles. The largest absolute Gasteiger partial charge is 0.497 e. The first-order chi connectivity index (χ1) is 13.0. The summed E-state index contributed by atoms with van der Waals surface area (Å²) in [6.07, 6.45) is 3.76. The number of hydrogen-bond acceptors (Lipinski definition) is 4. The fourth-order valence-corrected chi connectivity index (χ4v) is 4.03. The van der Waals surface area contributed by atoms with Crippen LogP contribution in [0.25, 0.3) is 32.6 Å². The van der Waals surface area contributed by atoms with Gasteiger partial charge >= 0.3 is 5.97 Å². The number of rotatable bonds is 4.